The minimum atomic E-state index is -0.641. The zero-order chi connectivity index (χ0) is 15.7. The van der Waals surface area contributed by atoms with Crippen LogP contribution in [0.5, 0.6) is 0 Å². The van der Waals surface area contributed by atoms with E-state index in [0.29, 0.717) is 13.1 Å². The van der Waals surface area contributed by atoms with Crippen molar-refractivity contribution < 1.29 is 9.18 Å². The average molecular weight is 342 g/mol. The predicted octanol–water partition coefficient (Wildman–Crippen LogP) is 3.81. The highest BCUT2D eigenvalue weighted by Gasteiger charge is 2.27. The molecule has 116 valence electrons. The van der Waals surface area contributed by atoms with Crippen molar-refractivity contribution in [1.82, 2.24) is 14.5 Å². The summed E-state index contributed by atoms with van der Waals surface area (Å²) < 4.78 is 15.6. The van der Waals surface area contributed by atoms with Gasteiger partial charge in [0.05, 0.1) is 28.0 Å². The molecule has 0 saturated carbocycles. The number of hydrogen-bond acceptors (Lipinski definition) is 2. The fourth-order valence-electron chi connectivity index (χ4n) is 2.72. The first-order valence-corrected chi connectivity index (χ1v) is 7.73. The number of piperidine rings is 1. The van der Waals surface area contributed by atoms with Gasteiger partial charge in [0.25, 0.3) is 5.91 Å². The minimum Gasteiger partial charge on any atom is -0.337 e. The molecule has 3 rings (SSSR count). The van der Waals surface area contributed by atoms with Gasteiger partial charge in [0, 0.05) is 25.5 Å². The highest BCUT2D eigenvalue weighted by molar-refractivity contribution is 6.36. The van der Waals surface area contributed by atoms with Crippen LogP contribution in [0.4, 0.5) is 4.39 Å². The fraction of sp³-hybridized carbons (Fsp3) is 0.333. The third kappa shape index (κ3) is 2.96. The molecular weight excluding hydrogens is 328 g/mol. The molecule has 4 nitrogen and oxygen atoms in total. The zero-order valence-electron chi connectivity index (χ0n) is 11.7. The molecule has 1 atom stereocenters. The van der Waals surface area contributed by atoms with Crippen molar-refractivity contribution in [1.29, 1.82) is 0 Å². The van der Waals surface area contributed by atoms with E-state index in [4.69, 9.17) is 23.2 Å². The lowest BCUT2D eigenvalue weighted by Crippen LogP contribution is -2.40. The van der Waals surface area contributed by atoms with Crippen molar-refractivity contribution >= 4 is 29.1 Å². The number of aromatic nitrogens is 2. The molecule has 22 heavy (non-hydrogen) atoms. The molecule has 7 heteroatoms. The van der Waals surface area contributed by atoms with E-state index in [9.17, 15) is 9.18 Å². The largest absolute Gasteiger partial charge is 0.337 e. The van der Waals surface area contributed by atoms with Crippen LogP contribution >= 0.6 is 23.2 Å². The maximum Gasteiger partial charge on any atom is 0.255 e. The van der Waals surface area contributed by atoms with Gasteiger partial charge in [0.2, 0.25) is 0 Å². The molecule has 1 aromatic carbocycles. The smallest absolute Gasteiger partial charge is 0.255 e. The van der Waals surface area contributed by atoms with E-state index in [1.807, 2.05) is 10.8 Å². The predicted molar refractivity (Wildman–Crippen MR) is 82.8 cm³/mol. The highest BCUT2D eigenvalue weighted by atomic mass is 35.5. The monoisotopic (exact) mass is 341 g/mol. The number of likely N-dealkylation sites (tertiary alicyclic amines) is 1. The van der Waals surface area contributed by atoms with Crippen molar-refractivity contribution in [2.24, 2.45) is 0 Å². The molecule has 0 spiro atoms. The van der Waals surface area contributed by atoms with Gasteiger partial charge < -0.3 is 9.47 Å². The molecule has 2 aromatic rings. The first kappa shape index (κ1) is 15.3. The fourth-order valence-corrected chi connectivity index (χ4v) is 3.19. The zero-order valence-corrected chi connectivity index (χ0v) is 13.2. The molecule has 1 amide bonds. The van der Waals surface area contributed by atoms with Crippen molar-refractivity contribution in [3.63, 3.8) is 0 Å². The molecule has 1 saturated heterocycles. The van der Waals surface area contributed by atoms with Crippen molar-refractivity contribution in [2.45, 2.75) is 18.9 Å². The molecule has 0 radical (unpaired) electrons. The minimum absolute atomic E-state index is 0.0866. The summed E-state index contributed by atoms with van der Waals surface area (Å²) in [5.74, 6) is -0.914. The van der Waals surface area contributed by atoms with Crippen molar-refractivity contribution in [3.8, 4) is 0 Å². The molecule has 1 aromatic heterocycles. The summed E-state index contributed by atoms with van der Waals surface area (Å²) in [6.45, 7) is 1.18. The quantitative estimate of drug-likeness (QED) is 0.779. The second-order valence-electron chi connectivity index (χ2n) is 5.30. The van der Waals surface area contributed by atoms with Crippen LogP contribution in [0.2, 0.25) is 10.0 Å². The van der Waals surface area contributed by atoms with Gasteiger partial charge in [0.15, 0.2) is 0 Å². The lowest BCUT2D eigenvalue weighted by molar-refractivity contribution is 0.0679. The van der Waals surface area contributed by atoms with Crippen LogP contribution in [0, 0.1) is 5.82 Å². The molecule has 0 N–H and O–H groups in total. The summed E-state index contributed by atoms with van der Waals surface area (Å²) in [6, 6.07) is 2.55. The normalized spacial score (nSPS) is 18.5. The summed E-state index contributed by atoms with van der Waals surface area (Å²) in [5.41, 5.74) is 0.148. The van der Waals surface area contributed by atoms with Crippen LogP contribution in [0.15, 0.2) is 30.9 Å². The lowest BCUT2D eigenvalue weighted by atomic mass is 10.0. The van der Waals surface area contributed by atoms with Crippen LogP contribution < -0.4 is 0 Å². The standard InChI is InChI=1S/C15H14Cl2FN3O/c16-12-7-13(17)14(18)6-11(12)15(22)20-4-1-2-10(8-20)21-5-3-19-9-21/h3,5-7,9-10H,1-2,4,8H2/t10-/m0/s1. The number of carbonyl (C=O) groups excluding carboxylic acids is 1. The number of benzene rings is 1. The first-order valence-electron chi connectivity index (χ1n) is 6.97. The Morgan fingerprint density at radius 3 is 2.86 bits per heavy atom. The van der Waals surface area contributed by atoms with Crippen molar-refractivity contribution in [2.75, 3.05) is 13.1 Å². The van der Waals surface area contributed by atoms with E-state index >= 15 is 0 Å². The number of nitrogens with zero attached hydrogens (tertiary/aromatic N) is 3. The first-order chi connectivity index (χ1) is 10.6. The Hall–Kier alpha value is -1.59. The van der Waals surface area contributed by atoms with Gasteiger partial charge in [-0.05, 0) is 25.0 Å². The third-order valence-electron chi connectivity index (χ3n) is 3.87. The summed E-state index contributed by atoms with van der Waals surface area (Å²) in [5, 5.41) is 0.0811. The topological polar surface area (TPSA) is 38.1 Å². The van der Waals surface area contributed by atoms with Crippen LogP contribution in [-0.4, -0.2) is 33.4 Å². The molecule has 0 bridgehead atoms. The molecular formula is C15H14Cl2FN3O. The van der Waals surface area contributed by atoms with Gasteiger partial charge in [0.1, 0.15) is 5.82 Å². The SMILES string of the molecule is O=C(c1cc(F)c(Cl)cc1Cl)N1CCC[C@H](n2ccnc2)C1. The number of hydrogen-bond donors (Lipinski definition) is 0. The van der Waals surface area contributed by atoms with E-state index in [1.165, 1.54) is 6.07 Å². The van der Waals surface area contributed by atoms with Gasteiger partial charge in [-0.25, -0.2) is 9.37 Å². The summed E-state index contributed by atoms with van der Waals surface area (Å²) in [4.78, 5) is 18.3. The van der Waals surface area contributed by atoms with Gasteiger partial charge in [-0.15, -0.1) is 0 Å². The van der Waals surface area contributed by atoms with E-state index in [2.05, 4.69) is 4.98 Å². The average Bonchev–Trinajstić information content (AvgIpc) is 3.05. The molecule has 0 aliphatic carbocycles. The molecule has 1 aliphatic rings. The molecule has 1 aliphatic heterocycles. The van der Waals surface area contributed by atoms with E-state index < -0.39 is 5.82 Å². The number of amides is 1. The Bertz CT molecular complexity index is 690. The molecule has 0 unspecified atom stereocenters. The summed E-state index contributed by atoms with van der Waals surface area (Å²) >= 11 is 11.7. The molecule has 1 fully saturated rings. The van der Waals surface area contributed by atoms with Gasteiger partial charge >= 0.3 is 0 Å². The Morgan fingerprint density at radius 1 is 1.32 bits per heavy atom. The summed E-state index contributed by atoms with van der Waals surface area (Å²) in [6.07, 6.45) is 7.19. The van der Waals surface area contributed by atoms with E-state index in [0.717, 1.165) is 18.9 Å². The number of halogens is 3. The Morgan fingerprint density at radius 2 is 2.14 bits per heavy atom. The van der Waals surface area contributed by atoms with Crippen LogP contribution in [0.25, 0.3) is 0 Å². The number of carbonyl (C=O) groups is 1. The lowest BCUT2D eigenvalue weighted by Gasteiger charge is -2.33. The van der Waals surface area contributed by atoms with Crippen molar-refractivity contribution in [3.05, 3.63) is 52.3 Å². The van der Waals surface area contributed by atoms with Crippen LogP contribution in [0.3, 0.4) is 0 Å². The maximum atomic E-state index is 13.6. The van der Waals surface area contributed by atoms with E-state index in [-0.39, 0.29) is 27.6 Å². The third-order valence-corrected chi connectivity index (χ3v) is 4.47. The second-order valence-corrected chi connectivity index (χ2v) is 6.12. The van der Waals surface area contributed by atoms with Crippen LogP contribution in [0.1, 0.15) is 29.2 Å². The number of rotatable bonds is 2. The molecule has 2 heterocycles. The maximum absolute atomic E-state index is 13.6. The Kier molecular flexibility index (Phi) is 4.36. The highest BCUT2D eigenvalue weighted by Crippen LogP contribution is 2.28. The summed E-state index contributed by atoms with van der Waals surface area (Å²) in [7, 11) is 0. The Labute approximate surface area is 137 Å². The van der Waals surface area contributed by atoms with Gasteiger partial charge in [-0.2, -0.15) is 0 Å². The van der Waals surface area contributed by atoms with Crippen LogP contribution in [-0.2, 0) is 0 Å². The van der Waals surface area contributed by atoms with Gasteiger partial charge in [-0.1, -0.05) is 23.2 Å². The second kappa shape index (κ2) is 6.26. The number of imidazole rings is 1. The Balaban J connectivity index is 1.81. The van der Waals surface area contributed by atoms with E-state index in [1.54, 1.807) is 17.4 Å². The van der Waals surface area contributed by atoms with Gasteiger partial charge in [-0.3, -0.25) is 4.79 Å².